The number of rotatable bonds is 2. The van der Waals surface area contributed by atoms with Gasteiger partial charge in [0.25, 0.3) is 0 Å². The molecular formula is C19H22N4O2. The van der Waals surface area contributed by atoms with Crippen LogP contribution < -0.4 is 5.32 Å². The van der Waals surface area contributed by atoms with Crippen molar-refractivity contribution in [2.45, 2.75) is 39.4 Å². The van der Waals surface area contributed by atoms with Crippen molar-refractivity contribution in [2.24, 2.45) is 0 Å². The van der Waals surface area contributed by atoms with Gasteiger partial charge in [-0.15, -0.1) is 0 Å². The average Bonchev–Trinajstić information content (AvgIpc) is 3.11. The van der Waals surface area contributed by atoms with Crippen LogP contribution >= 0.6 is 0 Å². The molecule has 1 aliphatic rings. The van der Waals surface area contributed by atoms with Crippen LogP contribution in [0.5, 0.6) is 0 Å². The molecule has 0 saturated heterocycles. The molecule has 1 N–H and O–H groups in total. The van der Waals surface area contributed by atoms with Crippen molar-refractivity contribution in [3.63, 3.8) is 0 Å². The normalized spacial score (nSPS) is 15.7. The van der Waals surface area contributed by atoms with E-state index >= 15 is 0 Å². The van der Waals surface area contributed by atoms with Crippen molar-refractivity contribution in [3.8, 4) is 0 Å². The minimum Gasteiger partial charge on any atom is -0.444 e. The lowest BCUT2D eigenvalue weighted by atomic mass is 10.2. The Morgan fingerprint density at radius 1 is 1.32 bits per heavy atom. The monoisotopic (exact) mass is 338 g/mol. The highest BCUT2D eigenvalue weighted by Gasteiger charge is 2.23. The fourth-order valence-electron chi connectivity index (χ4n) is 3.44. The van der Waals surface area contributed by atoms with Crippen LogP contribution in [-0.2, 0) is 13.1 Å². The third kappa shape index (κ3) is 2.99. The Morgan fingerprint density at radius 3 is 2.96 bits per heavy atom. The predicted molar refractivity (Wildman–Crippen MR) is 95.2 cm³/mol. The number of oxazole rings is 1. The fourth-order valence-corrected chi connectivity index (χ4v) is 3.44. The minimum atomic E-state index is -0.254. The first-order valence-corrected chi connectivity index (χ1v) is 8.67. The number of carbonyl (C=O) groups excluding carboxylic acids is 1. The van der Waals surface area contributed by atoms with Gasteiger partial charge in [-0.1, -0.05) is 18.2 Å². The molecule has 2 aromatic heterocycles. The zero-order valence-electron chi connectivity index (χ0n) is 14.5. The van der Waals surface area contributed by atoms with E-state index in [1.165, 1.54) is 16.6 Å². The highest BCUT2D eigenvalue weighted by molar-refractivity contribution is 5.82. The van der Waals surface area contributed by atoms with Crippen LogP contribution in [0.2, 0.25) is 0 Å². The Balaban J connectivity index is 1.51. The topological polar surface area (TPSA) is 63.3 Å². The molecule has 3 aromatic rings. The highest BCUT2D eigenvalue weighted by atomic mass is 16.4. The highest BCUT2D eigenvalue weighted by Crippen LogP contribution is 2.24. The summed E-state index contributed by atoms with van der Waals surface area (Å²) in [4.78, 5) is 18.8. The maximum atomic E-state index is 12.7. The summed E-state index contributed by atoms with van der Waals surface area (Å²) < 4.78 is 7.83. The molecule has 0 radical (unpaired) electrons. The number of amides is 2. The summed E-state index contributed by atoms with van der Waals surface area (Å²) >= 11 is 0. The predicted octanol–water partition coefficient (Wildman–Crippen LogP) is 3.61. The van der Waals surface area contributed by atoms with Gasteiger partial charge < -0.3 is 19.2 Å². The molecule has 6 heteroatoms. The third-order valence-corrected chi connectivity index (χ3v) is 4.70. The molecule has 1 atom stereocenters. The van der Waals surface area contributed by atoms with Gasteiger partial charge in [0, 0.05) is 24.3 Å². The number of hydrogen-bond acceptors (Lipinski definition) is 3. The first-order chi connectivity index (χ1) is 12.1. The van der Waals surface area contributed by atoms with Crippen molar-refractivity contribution < 1.29 is 9.21 Å². The molecule has 25 heavy (non-hydrogen) atoms. The molecule has 6 nitrogen and oxygen atoms in total. The molecule has 0 fully saturated rings. The lowest BCUT2D eigenvalue weighted by Gasteiger charge is -2.22. The average molecular weight is 338 g/mol. The Labute approximate surface area is 146 Å². The van der Waals surface area contributed by atoms with Crippen molar-refractivity contribution in [3.05, 3.63) is 53.9 Å². The first kappa shape index (κ1) is 15.7. The molecule has 0 spiro atoms. The smallest absolute Gasteiger partial charge is 0.318 e. The second-order valence-corrected chi connectivity index (χ2v) is 6.60. The minimum absolute atomic E-state index is 0.0814. The summed E-state index contributed by atoms with van der Waals surface area (Å²) in [6, 6.07) is 10.2. The van der Waals surface area contributed by atoms with Crippen molar-refractivity contribution in [1.29, 1.82) is 0 Å². The van der Waals surface area contributed by atoms with Gasteiger partial charge in [0.15, 0.2) is 0 Å². The van der Waals surface area contributed by atoms with E-state index < -0.39 is 0 Å². The SMILES string of the molecule is Cc1cnc(C(C)NC(=O)N2CCCn3c(cc4ccccc43)C2)o1. The zero-order valence-corrected chi connectivity index (χ0v) is 14.5. The van der Waals surface area contributed by atoms with E-state index in [-0.39, 0.29) is 12.1 Å². The molecule has 3 heterocycles. The van der Waals surface area contributed by atoms with Crippen LogP contribution in [0.25, 0.3) is 10.9 Å². The number of hydrogen-bond donors (Lipinski definition) is 1. The number of fused-ring (bicyclic) bond motifs is 3. The maximum Gasteiger partial charge on any atom is 0.318 e. The van der Waals surface area contributed by atoms with Crippen LogP contribution in [-0.4, -0.2) is 27.0 Å². The standard InChI is InChI=1S/C19H22N4O2/c1-13-11-20-18(25-13)14(2)21-19(24)22-8-5-9-23-16(12-22)10-15-6-3-4-7-17(15)23/h3-4,6-7,10-11,14H,5,8-9,12H2,1-2H3,(H,21,24). The van der Waals surface area contributed by atoms with E-state index in [0.29, 0.717) is 12.4 Å². The number of urea groups is 1. The number of para-hydroxylation sites is 1. The largest absolute Gasteiger partial charge is 0.444 e. The molecule has 0 bridgehead atoms. The molecule has 1 unspecified atom stereocenters. The number of nitrogens with zero attached hydrogens (tertiary/aromatic N) is 3. The molecule has 2 amide bonds. The molecule has 4 rings (SSSR count). The Kier molecular flexibility index (Phi) is 3.95. The Morgan fingerprint density at radius 2 is 2.16 bits per heavy atom. The number of nitrogens with one attached hydrogen (secondary N) is 1. The van der Waals surface area contributed by atoms with Gasteiger partial charge in [-0.25, -0.2) is 9.78 Å². The van der Waals surface area contributed by atoms with Gasteiger partial charge in [-0.3, -0.25) is 0 Å². The molecule has 0 saturated carbocycles. The van der Waals surface area contributed by atoms with Crippen LogP contribution in [0.3, 0.4) is 0 Å². The lowest BCUT2D eigenvalue weighted by Crippen LogP contribution is -2.40. The van der Waals surface area contributed by atoms with E-state index in [4.69, 9.17) is 4.42 Å². The van der Waals surface area contributed by atoms with Gasteiger partial charge >= 0.3 is 6.03 Å². The van der Waals surface area contributed by atoms with E-state index in [2.05, 4.69) is 39.1 Å². The van der Waals surface area contributed by atoms with Crippen LogP contribution in [0.4, 0.5) is 4.79 Å². The number of carbonyl (C=O) groups is 1. The first-order valence-electron chi connectivity index (χ1n) is 8.67. The van der Waals surface area contributed by atoms with Gasteiger partial charge in [-0.2, -0.15) is 0 Å². The second kappa shape index (κ2) is 6.27. The van der Waals surface area contributed by atoms with Crippen molar-refractivity contribution in [2.75, 3.05) is 6.54 Å². The molecule has 0 aliphatic carbocycles. The second-order valence-electron chi connectivity index (χ2n) is 6.60. The van der Waals surface area contributed by atoms with Crippen LogP contribution in [0.15, 0.2) is 40.9 Å². The number of aromatic nitrogens is 2. The summed E-state index contributed by atoms with van der Waals surface area (Å²) in [5.41, 5.74) is 2.41. The van der Waals surface area contributed by atoms with Gasteiger partial charge in [0.1, 0.15) is 11.8 Å². The summed E-state index contributed by atoms with van der Waals surface area (Å²) in [6.45, 7) is 6.01. The number of benzene rings is 1. The third-order valence-electron chi connectivity index (χ3n) is 4.70. The van der Waals surface area contributed by atoms with Crippen molar-refractivity contribution >= 4 is 16.9 Å². The summed E-state index contributed by atoms with van der Waals surface area (Å²) in [5.74, 6) is 1.28. The molecule has 1 aromatic carbocycles. The fraction of sp³-hybridized carbons (Fsp3) is 0.368. The zero-order chi connectivity index (χ0) is 17.4. The van der Waals surface area contributed by atoms with E-state index in [1.807, 2.05) is 24.8 Å². The van der Waals surface area contributed by atoms with Gasteiger partial charge in [0.05, 0.1) is 12.7 Å². The van der Waals surface area contributed by atoms with Crippen LogP contribution in [0, 0.1) is 6.92 Å². The van der Waals surface area contributed by atoms with Gasteiger partial charge in [-0.05, 0) is 37.8 Å². The summed E-state index contributed by atoms with van der Waals surface area (Å²) in [7, 11) is 0. The van der Waals surface area contributed by atoms with Crippen molar-refractivity contribution in [1.82, 2.24) is 19.8 Å². The molecule has 130 valence electrons. The van der Waals surface area contributed by atoms with E-state index in [1.54, 1.807) is 6.20 Å². The van der Waals surface area contributed by atoms with E-state index in [0.717, 1.165) is 25.3 Å². The Hall–Kier alpha value is -2.76. The summed E-state index contributed by atoms with van der Waals surface area (Å²) in [6.07, 6.45) is 2.61. The molecule has 1 aliphatic heterocycles. The van der Waals surface area contributed by atoms with Gasteiger partial charge in [0.2, 0.25) is 5.89 Å². The number of aryl methyl sites for hydroxylation is 2. The Bertz CT molecular complexity index is 911. The lowest BCUT2D eigenvalue weighted by molar-refractivity contribution is 0.190. The quantitative estimate of drug-likeness (QED) is 0.776. The maximum absolute atomic E-state index is 12.7. The summed E-state index contributed by atoms with van der Waals surface area (Å²) in [5, 5.41) is 4.22. The van der Waals surface area contributed by atoms with Crippen LogP contribution in [0.1, 0.15) is 36.7 Å². The van der Waals surface area contributed by atoms with E-state index in [9.17, 15) is 4.79 Å². The molecular weight excluding hydrogens is 316 g/mol.